The number of amides is 4. The Kier molecular flexibility index (Phi) is 3.57. The van der Waals surface area contributed by atoms with Gasteiger partial charge in [0.2, 0.25) is 5.91 Å². The maximum absolute atomic E-state index is 11.7. The van der Waals surface area contributed by atoms with Crippen LogP contribution in [0, 0.1) is 0 Å². The zero-order chi connectivity index (χ0) is 14.0. The van der Waals surface area contributed by atoms with Crippen molar-refractivity contribution in [2.45, 2.75) is 0 Å². The minimum absolute atomic E-state index is 0.0881. The lowest BCUT2D eigenvalue weighted by Gasteiger charge is -2.13. The number of imide groups is 1. The van der Waals surface area contributed by atoms with E-state index in [1.807, 2.05) is 0 Å². The smallest absolute Gasteiger partial charge is 0.325 e. The van der Waals surface area contributed by atoms with Gasteiger partial charge in [-0.3, -0.25) is 14.5 Å². The predicted octanol–water partition coefficient (Wildman–Crippen LogP) is 0.412. The number of urea groups is 1. The molecule has 1 heterocycles. The van der Waals surface area contributed by atoms with Crippen molar-refractivity contribution in [3.8, 4) is 0 Å². The topological polar surface area (TPSA) is 105 Å². The molecule has 4 amide bonds. The van der Waals surface area contributed by atoms with Gasteiger partial charge in [-0.05, 0) is 18.2 Å². The SMILES string of the molecule is Nc1cc(Cl)ccc1NC(=O)CN1C(=O)CNC1=O. The molecule has 0 saturated carbocycles. The standard InChI is InChI=1S/C11H11ClN4O3/c12-6-1-2-8(7(13)3-6)15-9(17)5-16-10(18)4-14-11(16)19/h1-3H,4-5,13H2,(H,14,19)(H,15,17). The fourth-order valence-electron chi connectivity index (χ4n) is 1.60. The third-order valence-electron chi connectivity index (χ3n) is 2.53. The lowest BCUT2D eigenvalue weighted by atomic mass is 10.2. The number of nitrogens with zero attached hydrogens (tertiary/aromatic N) is 1. The van der Waals surface area contributed by atoms with E-state index in [-0.39, 0.29) is 13.1 Å². The first kappa shape index (κ1) is 13.2. The molecule has 0 radical (unpaired) electrons. The van der Waals surface area contributed by atoms with Gasteiger partial charge in [-0.15, -0.1) is 0 Å². The van der Waals surface area contributed by atoms with Gasteiger partial charge >= 0.3 is 6.03 Å². The molecule has 19 heavy (non-hydrogen) atoms. The van der Waals surface area contributed by atoms with E-state index in [2.05, 4.69) is 10.6 Å². The molecular formula is C11H11ClN4O3. The second-order valence-corrected chi connectivity index (χ2v) is 4.35. The van der Waals surface area contributed by atoms with Crippen molar-refractivity contribution in [2.24, 2.45) is 0 Å². The lowest BCUT2D eigenvalue weighted by molar-refractivity contribution is -0.128. The molecule has 1 saturated heterocycles. The van der Waals surface area contributed by atoms with E-state index < -0.39 is 17.8 Å². The van der Waals surface area contributed by atoms with Crippen LogP contribution < -0.4 is 16.4 Å². The number of hydrogen-bond acceptors (Lipinski definition) is 4. The number of nitrogens with one attached hydrogen (secondary N) is 2. The minimum atomic E-state index is -0.579. The summed E-state index contributed by atoms with van der Waals surface area (Å²) in [5, 5.41) is 5.28. The van der Waals surface area contributed by atoms with E-state index in [1.165, 1.54) is 6.07 Å². The summed E-state index contributed by atoms with van der Waals surface area (Å²) in [7, 11) is 0. The van der Waals surface area contributed by atoms with Gasteiger partial charge in [0.15, 0.2) is 0 Å². The third kappa shape index (κ3) is 2.94. The number of nitrogens with two attached hydrogens (primary N) is 1. The van der Waals surface area contributed by atoms with Gasteiger partial charge in [0.25, 0.3) is 5.91 Å². The second-order valence-electron chi connectivity index (χ2n) is 3.92. The molecule has 0 unspecified atom stereocenters. The van der Waals surface area contributed by atoms with Crippen molar-refractivity contribution in [3.05, 3.63) is 23.2 Å². The van der Waals surface area contributed by atoms with Gasteiger partial charge < -0.3 is 16.4 Å². The van der Waals surface area contributed by atoms with Crippen LogP contribution in [0.5, 0.6) is 0 Å². The molecule has 1 aliphatic heterocycles. The molecule has 0 aliphatic carbocycles. The Labute approximate surface area is 113 Å². The van der Waals surface area contributed by atoms with Gasteiger partial charge in [0, 0.05) is 5.02 Å². The van der Waals surface area contributed by atoms with Crippen LogP contribution >= 0.6 is 11.6 Å². The summed E-state index contributed by atoms with van der Waals surface area (Å²) in [5.41, 5.74) is 6.35. The van der Waals surface area contributed by atoms with Crippen molar-refractivity contribution in [2.75, 3.05) is 24.1 Å². The van der Waals surface area contributed by atoms with Crippen molar-refractivity contribution >= 4 is 40.8 Å². The molecule has 8 heteroatoms. The zero-order valence-corrected chi connectivity index (χ0v) is 10.5. The summed E-state index contributed by atoms with van der Waals surface area (Å²) >= 11 is 5.73. The number of hydrogen-bond donors (Lipinski definition) is 3. The van der Waals surface area contributed by atoms with Crippen molar-refractivity contribution in [1.29, 1.82) is 0 Å². The van der Waals surface area contributed by atoms with Gasteiger partial charge in [-0.25, -0.2) is 4.79 Å². The summed E-state index contributed by atoms with van der Waals surface area (Å²) < 4.78 is 0. The highest BCUT2D eigenvalue weighted by Crippen LogP contribution is 2.22. The summed E-state index contributed by atoms with van der Waals surface area (Å²) in [4.78, 5) is 35.1. The van der Waals surface area contributed by atoms with Crippen LogP contribution in [-0.2, 0) is 9.59 Å². The van der Waals surface area contributed by atoms with Crippen LogP contribution in [0.4, 0.5) is 16.2 Å². The number of halogens is 1. The summed E-state index contributed by atoms with van der Waals surface area (Å²) in [6, 6.07) is 4.03. The fraction of sp³-hybridized carbons (Fsp3) is 0.182. The summed E-state index contributed by atoms with van der Waals surface area (Å²) in [6.45, 7) is -0.443. The number of anilines is 2. The molecule has 1 aromatic carbocycles. The van der Waals surface area contributed by atoms with E-state index in [9.17, 15) is 14.4 Å². The Morgan fingerprint density at radius 3 is 2.79 bits per heavy atom. The molecule has 0 bridgehead atoms. The molecule has 1 aliphatic rings. The van der Waals surface area contributed by atoms with E-state index >= 15 is 0 Å². The number of benzene rings is 1. The first-order valence-electron chi connectivity index (χ1n) is 5.40. The van der Waals surface area contributed by atoms with E-state index in [0.29, 0.717) is 16.4 Å². The number of nitrogen functional groups attached to an aromatic ring is 1. The van der Waals surface area contributed by atoms with Crippen molar-refractivity contribution in [1.82, 2.24) is 10.2 Å². The van der Waals surface area contributed by atoms with Crippen LogP contribution in [0.2, 0.25) is 5.02 Å². The van der Waals surface area contributed by atoms with Crippen LogP contribution in [0.15, 0.2) is 18.2 Å². The van der Waals surface area contributed by atoms with E-state index in [1.54, 1.807) is 12.1 Å². The molecule has 4 N–H and O–H groups in total. The highest BCUT2D eigenvalue weighted by molar-refractivity contribution is 6.31. The largest absolute Gasteiger partial charge is 0.397 e. The van der Waals surface area contributed by atoms with Crippen LogP contribution in [-0.4, -0.2) is 35.8 Å². The zero-order valence-electron chi connectivity index (χ0n) is 9.77. The molecule has 0 spiro atoms. The van der Waals surface area contributed by atoms with Crippen molar-refractivity contribution < 1.29 is 14.4 Å². The monoisotopic (exact) mass is 282 g/mol. The molecule has 7 nitrogen and oxygen atoms in total. The highest BCUT2D eigenvalue weighted by atomic mass is 35.5. The van der Waals surface area contributed by atoms with Crippen LogP contribution in [0.25, 0.3) is 0 Å². The number of carbonyl (C=O) groups excluding carboxylic acids is 3. The Morgan fingerprint density at radius 2 is 2.21 bits per heavy atom. The molecule has 100 valence electrons. The third-order valence-corrected chi connectivity index (χ3v) is 2.76. The Hall–Kier alpha value is -2.28. The lowest BCUT2D eigenvalue weighted by Crippen LogP contribution is -2.38. The highest BCUT2D eigenvalue weighted by Gasteiger charge is 2.30. The quantitative estimate of drug-likeness (QED) is 0.552. The molecule has 2 rings (SSSR count). The van der Waals surface area contributed by atoms with Gasteiger partial charge in [0.1, 0.15) is 6.54 Å². The summed E-state index contributed by atoms with van der Waals surface area (Å²) in [6.07, 6.45) is 0. The maximum Gasteiger partial charge on any atom is 0.325 e. The molecule has 0 atom stereocenters. The fourth-order valence-corrected chi connectivity index (χ4v) is 1.78. The molecule has 1 aromatic rings. The minimum Gasteiger partial charge on any atom is -0.397 e. The van der Waals surface area contributed by atoms with Crippen LogP contribution in [0.1, 0.15) is 0 Å². The maximum atomic E-state index is 11.7. The average Bonchev–Trinajstić information content (AvgIpc) is 2.65. The molecule has 0 aromatic heterocycles. The molecule has 1 fully saturated rings. The Morgan fingerprint density at radius 1 is 1.47 bits per heavy atom. The van der Waals surface area contributed by atoms with Gasteiger partial charge in [0.05, 0.1) is 17.9 Å². The number of carbonyl (C=O) groups is 3. The predicted molar refractivity (Wildman–Crippen MR) is 69.6 cm³/mol. The average molecular weight is 283 g/mol. The van der Waals surface area contributed by atoms with Gasteiger partial charge in [-0.2, -0.15) is 0 Å². The van der Waals surface area contributed by atoms with Gasteiger partial charge in [-0.1, -0.05) is 11.6 Å². The first-order valence-corrected chi connectivity index (χ1v) is 5.78. The summed E-state index contributed by atoms with van der Waals surface area (Å²) in [5.74, 6) is -0.955. The van der Waals surface area contributed by atoms with Crippen molar-refractivity contribution in [3.63, 3.8) is 0 Å². The Bertz CT molecular complexity index is 545. The first-order chi connectivity index (χ1) is 8.97. The second kappa shape index (κ2) is 5.15. The van der Waals surface area contributed by atoms with E-state index in [4.69, 9.17) is 17.3 Å². The van der Waals surface area contributed by atoms with Crippen LogP contribution in [0.3, 0.4) is 0 Å². The van der Waals surface area contributed by atoms with E-state index in [0.717, 1.165) is 4.90 Å². The Balaban J connectivity index is 2.01. The molecular weight excluding hydrogens is 272 g/mol. The number of rotatable bonds is 3. The normalized spacial score (nSPS) is 14.5.